The number of rotatable bonds is 7. The van der Waals surface area contributed by atoms with Crippen LogP contribution in [0.2, 0.25) is 0 Å². The van der Waals surface area contributed by atoms with Gasteiger partial charge in [-0.1, -0.05) is 67.6 Å². The number of carbonyl (C=O) groups is 2. The number of amides is 2. The summed E-state index contributed by atoms with van der Waals surface area (Å²) < 4.78 is 0. The van der Waals surface area contributed by atoms with Gasteiger partial charge in [-0.25, -0.2) is 4.79 Å². The molecule has 0 aliphatic rings. The first-order valence-corrected chi connectivity index (χ1v) is 7.99. The molecule has 24 heavy (non-hydrogen) atoms. The van der Waals surface area contributed by atoms with Crippen molar-refractivity contribution in [3.63, 3.8) is 0 Å². The maximum absolute atomic E-state index is 12.3. The van der Waals surface area contributed by atoms with Gasteiger partial charge in [0.1, 0.15) is 0 Å². The van der Waals surface area contributed by atoms with Crippen LogP contribution >= 0.6 is 0 Å². The molecule has 3 N–H and O–H groups in total. The Hall–Kier alpha value is -2.82. The maximum Gasteiger partial charge on any atom is 0.315 e. The molecule has 0 heterocycles. The van der Waals surface area contributed by atoms with Gasteiger partial charge in [-0.05, 0) is 17.5 Å². The summed E-state index contributed by atoms with van der Waals surface area (Å²) in [4.78, 5) is 23.2. The van der Waals surface area contributed by atoms with E-state index in [0.717, 1.165) is 11.1 Å². The zero-order chi connectivity index (χ0) is 17.4. The molecule has 1 atom stereocenters. The Kier molecular flexibility index (Phi) is 6.37. The van der Waals surface area contributed by atoms with Crippen molar-refractivity contribution in [2.24, 2.45) is 0 Å². The summed E-state index contributed by atoms with van der Waals surface area (Å²) in [5.74, 6) is -0.926. The molecule has 1 unspecified atom stereocenters. The minimum atomic E-state index is -0.926. The van der Waals surface area contributed by atoms with Crippen molar-refractivity contribution in [1.82, 2.24) is 10.6 Å². The fourth-order valence-electron chi connectivity index (χ4n) is 2.52. The highest BCUT2D eigenvalue weighted by Gasteiger charge is 2.19. The van der Waals surface area contributed by atoms with Crippen LogP contribution < -0.4 is 10.6 Å². The zero-order valence-electron chi connectivity index (χ0n) is 13.6. The number of nitrogens with one attached hydrogen (secondary N) is 2. The predicted octanol–water partition coefficient (Wildman–Crippen LogP) is 3.33. The third-order valence-electron chi connectivity index (χ3n) is 3.79. The monoisotopic (exact) mass is 326 g/mol. The summed E-state index contributed by atoms with van der Waals surface area (Å²) in [6.07, 6.45) is 0.465. The van der Waals surface area contributed by atoms with E-state index in [1.54, 1.807) is 0 Å². The number of carboxylic acid groups (broad SMARTS) is 1. The van der Waals surface area contributed by atoms with Gasteiger partial charge in [-0.15, -0.1) is 0 Å². The van der Waals surface area contributed by atoms with Crippen LogP contribution in [0.5, 0.6) is 0 Å². The summed E-state index contributed by atoms with van der Waals surface area (Å²) >= 11 is 0. The van der Waals surface area contributed by atoms with E-state index in [4.69, 9.17) is 5.11 Å². The first kappa shape index (κ1) is 17.5. The van der Waals surface area contributed by atoms with Crippen molar-refractivity contribution >= 4 is 12.0 Å². The number of hydrogen-bond donors (Lipinski definition) is 3. The van der Waals surface area contributed by atoms with E-state index in [-0.39, 0.29) is 18.5 Å². The van der Waals surface area contributed by atoms with Crippen LogP contribution in [0.1, 0.15) is 36.9 Å². The molecule has 0 radical (unpaired) electrons. The number of urea groups is 1. The second kappa shape index (κ2) is 8.72. The normalized spacial score (nSPS) is 11.8. The average Bonchev–Trinajstić information content (AvgIpc) is 2.60. The van der Waals surface area contributed by atoms with Crippen LogP contribution in [0.4, 0.5) is 4.79 Å². The molecule has 2 amide bonds. The highest BCUT2D eigenvalue weighted by molar-refractivity contribution is 5.76. The molecule has 0 aliphatic heterocycles. The Morgan fingerprint density at radius 2 is 1.42 bits per heavy atom. The van der Waals surface area contributed by atoms with Crippen molar-refractivity contribution in [3.8, 4) is 0 Å². The third-order valence-corrected chi connectivity index (χ3v) is 3.79. The molecule has 5 nitrogen and oxygen atoms in total. The van der Waals surface area contributed by atoms with Crippen LogP contribution in [-0.2, 0) is 4.79 Å². The second-order valence-corrected chi connectivity index (χ2v) is 5.58. The SMILES string of the molecule is CCC(CC(=O)O)NC(=O)NC(c1ccccc1)c1ccccc1. The van der Waals surface area contributed by atoms with E-state index in [1.807, 2.05) is 67.6 Å². The second-order valence-electron chi connectivity index (χ2n) is 5.58. The lowest BCUT2D eigenvalue weighted by Crippen LogP contribution is -2.44. The summed E-state index contributed by atoms with van der Waals surface area (Å²) in [5, 5.41) is 14.6. The Labute approximate surface area is 141 Å². The lowest BCUT2D eigenvalue weighted by Gasteiger charge is -2.22. The maximum atomic E-state index is 12.3. The summed E-state index contributed by atoms with van der Waals surface area (Å²) in [6.45, 7) is 1.85. The van der Waals surface area contributed by atoms with Crippen LogP contribution in [0, 0.1) is 0 Å². The van der Waals surface area contributed by atoms with Gasteiger partial charge in [-0.2, -0.15) is 0 Å². The fraction of sp³-hybridized carbons (Fsp3) is 0.263. The Morgan fingerprint density at radius 3 is 1.83 bits per heavy atom. The van der Waals surface area contributed by atoms with Crippen molar-refractivity contribution < 1.29 is 14.7 Å². The van der Waals surface area contributed by atoms with E-state index in [9.17, 15) is 9.59 Å². The van der Waals surface area contributed by atoms with Crippen LogP contribution in [0.15, 0.2) is 60.7 Å². The molecule has 0 saturated carbocycles. The molecular formula is C19H22N2O3. The van der Waals surface area contributed by atoms with E-state index in [2.05, 4.69) is 10.6 Å². The molecule has 0 aromatic heterocycles. The molecule has 0 fully saturated rings. The molecule has 5 heteroatoms. The fourth-order valence-corrected chi connectivity index (χ4v) is 2.52. The molecular weight excluding hydrogens is 304 g/mol. The molecule has 0 spiro atoms. The number of hydrogen-bond acceptors (Lipinski definition) is 2. The zero-order valence-corrected chi connectivity index (χ0v) is 13.6. The largest absolute Gasteiger partial charge is 0.481 e. The van der Waals surface area contributed by atoms with Crippen molar-refractivity contribution in [2.75, 3.05) is 0 Å². The van der Waals surface area contributed by atoms with Gasteiger partial charge >= 0.3 is 12.0 Å². The number of carbonyl (C=O) groups excluding carboxylic acids is 1. The van der Waals surface area contributed by atoms with E-state index in [1.165, 1.54) is 0 Å². The Balaban J connectivity index is 2.14. The van der Waals surface area contributed by atoms with Crippen molar-refractivity contribution in [3.05, 3.63) is 71.8 Å². The quantitative estimate of drug-likeness (QED) is 0.730. The van der Waals surface area contributed by atoms with Crippen molar-refractivity contribution in [1.29, 1.82) is 0 Å². The molecule has 2 aromatic rings. The highest BCUT2D eigenvalue weighted by atomic mass is 16.4. The van der Waals surface area contributed by atoms with Gasteiger partial charge in [-0.3, -0.25) is 4.79 Å². The highest BCUT2D eigenvalue weighted by Crippen LogP contribution is 2.21. The summed E-state index contributed by atoms with van der Waals surface area (Å²) in [6, 6.07) is 18.3. The lowest BCUT2D eigenvalue weighted by atomic mass is 9.99. The van der Waals surface area contributed by atoms with Gasteiger partial charge in [0.15, 0.2) is 0 Å². The predicted molar refractivity (Wildman–Crippen MR) is 92.7 cm³/mol. The van der Waals surface area contributed by atoms with Gasteiger partial charge in [0.2, 0.25) is 0 Å². The Bertz CT molecular complexity index is 619. The Morgan fingerprint density at radius 1 is 0.917 bits per heavy atom. The van der Waals surface area contributed by atoms with Crippen LogP contribution in [0.25, 0.3) is 0 Å². The van der Waals surface area contributed by atoms with E-state index in [0.29, 0.717) is 6.42 Å². The standard InChI is InChI=1S/C19H22N2O3/c1-2-16(13-17(22)23)20-19(24)21-18(14-9-5-3-6-10-14)15-11-7-4-8-12-15/h3-12,16,18H,2,13H2,1H3,(H,22,23)(H2,20,21,24). The van der Waals surface area contributed by atoms with Gasteiger partial charge < -0.3 is 15.7 Å². The first-order valence-electron chi connectivity index (χ1n) is 7.99. The van der Waals surface area contributed by atoms with Gasteiger partial charge in [0.25, 0.3) is 0 Å². The van der Waals surface area contributed by atoms with E-state index < -0.39 is 12.0 Å². The molecule has 2 rings (SSSR count). The lowest BCUT2D eigenvalue weighted by molar-refractivity contribution is -0.137. The summed E-state index contributed by atoms with van der Waals surface area (Å²) in [5.41, 5.74) is 1.93. The minimum Gasteiger partial charge on any atom is -0.481 e. The topological polar surface area (TPSA) is 78.4 Å². The van der Waals surface area contributed by atoms with Crippen LogP contribution in [-0.4, -0.2) is 23.1 Å². The summed E-state index contributed by atoms with van der Waals surface area (Å²) in [7, 11) is 0. The third kappa shape index (κ3) is 5.12. The average molecular weight is 326 g/mol. The molecule has 0 bridgehead atoms. The smallest absolute Gasteiger partial charge is 0.315 e. The molecule has 0 aliphatic carbocycles. The van der Waals surface area contributed by atoms with E-state index >= 15 is 0 Å². The van der Waals surface area contributed by atoms with Crippen molar-refractivity contribution in [2.45, 2.75) is 31.8 Å². The molecule has 2 aromatic carbocycles. The molecule has 126 valence electrons. The van der Waals surface area contributed by atoms with Gasteiger partial charge in [0, 0.05) is 6.04 Å². The number of carboxylic acids is 1. The van der Waals surface area contributed by atoms with Crippen LogP contribution in [0.3, 0.4) is 0 Å². The first-order chi connectivity index (χ1) is 11.6. The number of aliphatic carboxylic acids is 1. The minimum absolute atomic E-state index is 0.0920. The van der Waals surface area contributed by atoms with Gasteiger partial charge in [0.05, 0.1) is 12.5 Å². The molecule has 0 saturated heterocycles. The number of benzene rings is 2.